The lowest BCUT2D eigenvalue weighted by atomic mass is 10.3. The highest BCUT2D eigenvalue weighted by atomic mass is 79.9. The standard InChI is InChI=1S/C12H13BrN2OS/c1-16-9-4-5-15(7-9)12-14-10-3-2-8(13)6-11(10)17-12/h2-3,6,9H,4-5,7H2,1H3. The Morgan fingerprint density at radius 3 is 3.18 bits per heavy atom. The van der Waals surface area contributed by atoms with Crippen LogP contribution in [0.5, 0.6) is 0 Å². The van der Waals surface area contributed by atoms with E-state index in [9.17, 15) is 0 Å². The lowest BCUT2D eigenvalue weighted by Crippen LogP contribution is -2.21. The van der Waals surface area contributed by atoms with Crippen LogP contribution in [0.25, 0.3) is 10.2 Å². The van der Waals surface area contributed by atoms with Gasteiger partial charge < -0.3 is 9.64 Å². The molecule has 0 amide bonds. The van der Waals surface area contributed by atoms with Gasteiger partial charge in [-0.05, 0) is 24.6 Å². The van der Waals surface area contributed by atoms with E-state index in [2.05, 4.69) is 37.9 Å². The highest BCUT2D eigenvalue weighted by Gasteiger charge is 2.24. The first-order chi connectivity index (χ1) is 8.26. The number of methoxy groups -OCH3 is 1. The molecule has 1 fully saturated rings. The minimum absolute atomic E-state index is 0.355. The maximum atomic E-state index is 5.38. The van der Waals surface area contributed by atoms with E-state index in [1.807, 2.05) is 6.07 Å². The summed E-state index contributed by atoms with van der Waals surface area (Å²) in [6.45, 7) is 2.00. The van der Waals surface area contributed by atoms with Crippen LogP contribution < -0.4 is 4.90 Å². The lowest BCUT2D eigenvalue weighted by Gasteiger charge is -2.13. The smallest absolute Gasteiger partial charge is 0.186 e. The molecule has 1 aromatic carbocycles. The summed E-state index contributed by atoms with van der Waals surface area (Å²) in [5.41, 5.74) is 1.08. The normalized spacial score (nSPS) is 20.4. The second-order valence-corrected chi connectivity index (χ2v) is 6.13. The van der Waals surface area contributed by atoms with E-state index in [0.717, 1.165) is 34.6 Å². The number of nitrogens with zero attached hydrogens (tertiary/aromatic N) is 2. The van der Waals surface area contributed by atoms with Crippen molar-refractivity contribution in [1.29, 1.82) is 0 Å². The molecular weight excluding hydrogens is 300 g/mol. The molecule has 3 nitrogen and oxygen atoms in total. The van der Waals surface area contributed by atoms with Gasteiger partial charge >= 0.3 is 0 Å². The third kappa shape index (κ3) is 2.19. The van der Waals surface area contributed by atoms with Gasteiger partial charge in [0.05, 0.1) is 16.3 Å². The summed E-state index contributed by atoms with van der Waals surface area (Å²) >= 11 is 5.24. The topological polar surface area (TPSA) is 25.4 Å². The fourth-order valence-electron chi connectivity index (χ4n) is 2.12. The number of hydrogen-bond acceptors (Lipinski definition) is 4. The Kier molecular flexibility index (Phi) is 3.06. The quantitative estimate of drug-likeness (QED) is 0.851. The Morgan fingerprint density at radius 1 is 1.53 bits per heavy atom. The Hall–Kier alpha value is -0.650. The van der Waals surface area contributed by atoms with Crippen LogP contribution >= 0.6 is 27.3 Å². The average Bonchev–Trinajstić information content (AvgIpc) is 2.93. The third-order valence-electron chi connectivity index (χ3n) is 3.09. The minimum atomic E-state index is 0.355. The van der Waals surface area contributed by atoms with Crippen molar-refractivity contribution in [2.75, 3.05) is 25.1 Å². The largest absolute Gasteiger partial charge is 0.380 e. The Bertz CT molecular complexity index is 542. The maximum Gasteiger partial charge on any atom is 0.186 e. The first-order valence-corrected chi connectivity index (χ1v) is 7.21. The molecule has 5 heteroatoms. The molecule has 1 aromatic heterocycles. The molecule has 1 atom stereocenters. The highest BCUT2D eigenvalue weighted by molar-refractivity contribution is 9.10. The number of ether oxygens (including phenoxy) is 1. The van der Waals surface area contributed by atoms with Crippen LogP contribution in [-0.4, -0.2) is 31.3 Å². The van der Waals surface area contributed by atoms with Gasteiger partial charge in [0, 0.05) is 24.7 Å². The molecule has 2 heterocycles. The lowest BCUT2D eigenvalue weighted by molar-refractivity contribution is 0.121. The van der Waals surface area contributed by atoms with Gasteiger partial charge in [0.25, 0.3) is 0 Å². The first-order valence-electron chi connectivity index (χ1n) is 5.60. The fraction of sp³-hybridized carbons (Fsp3) is 0.417. The predicted molar refractivity (Wildman–Crippen MR) is 74.9 cm³/mol. The van der Waals surface area contributed by atoms with Gasteiger partial charge in [0.1, 0.15) is 0 Å². The van der Waals surface area contributed by atoms with E-state index >= 15 is 0 Å². The Balaban J connectivity index is 1.91. The molecular formula is C12H13BrN2OS. The number of fused-ring (bicyclic) bond motifs is 1. The van der Waals surface area contributed by atoms with Crippen molar-refractivity contribution < 1.29 is 4.74 Å². The molecule has 2 aromatic rings. The average molecular weight is 313 g/mol. The molecule has 0 bridgehead atoms. The molecule has 0 saturated carbocycles. The van der Waals surface area contributed by atoms with E-state index in [0.29, 0.717) is 6.10 Å². The summed E-state index contributed by atoms with van der Waals surface area (Å²) in [5.74, 6) is 0. The van der Waals surface area contributed by atoms with Crippen LogP contribution in [-0.2, 0) is 4.74 Å². The Labute approximate surface area is 113 Å². The SMILES string of the molecule is COC1CCN(c2nc3ccc(Br)cc3s2)C1. The van der Waals surface area contributed by atoms with E-state index in [1.165, 1.54) is 4.70 Å². The van der Waals surface area contributed by atoms with Crippen LogP contribution in [0.4, 0.5) is 5.13 Å². The molecule has 0 radical (unpaired) electrons. The molecule has 3 rings (SSSR count). The zero-order valence-electron chi connectivity index (χ0n) is 9.52. The van der Waals surface area contributed by atoms with Gasteiger partial charge in [0.2, 0.25) is 0 Å². The Morgan fingerprint density at radius 2 is 2.41 bits per heavy atom. The van der Waals surface area contributed by atoms with E-state index in [1.54, 1.807) is 18.4 Å². The van der Waals surface area contributed by atoms with Crippen LogP contribution in [0.2, 0.25) is 0 Å². The third-order valence-corrected chi connectivity index (χ3v) is 4.66. The first kappa shape index (κ1) is 11.4. The van der Waals surface area contributed by atoms with Gasteiger partial charge in [-0.2, -0.15) is 0 Å². The summed E-state index contributed by atoms with van der Waals surface area (Å²) in [7, 11) is 1.78. The van der Waals surface area contributed by atoms with Crippen molar-refractivity contribution in [3.8, 4) is 0 Å². The van der Waals surface area contributed by atoms with Crippen LogP contribution in [0.3, 0.4) is 0 Å². The molecule has 1 unspecified atom stereocenters. The molecule has 90 valence electrons. The van der Waals surface area contributed by atoms with Gasteiger partial charge in [-0.1, -0.05) is 27.3 Å². The van der Waals surface area contributed by atoms with Crippen LogP contribution in [0.15, 0.2) is 22.7 Å². The number of aromatic nitrogens is 1. The van der Waals surface area contributed by atoms with Gasteiger partial charge in [-0.3, -0.25) is 0 Å². The minimum Gasteiger partial charge on any atom is -0.380 e. The van der Waals surface area contributed by atoms with Gasteiger partial charge in [-0.25, -0.2) is 4.98 Å². The summed E-state index contributed by atoms with van der Waals surface area (Å²) < 4.78 is 7.72. The van der Waals surface area contributed by atoms with Crippen molar-refractivity contribution in [3.05, 3.63) is 22.7 Å². The number of rotatable bonds is 2. The number of anilines is 1. The van der Waals surface area contributed by atoms with Crippen molar-refractivity contribution >= 4 is 42.6 Å². The predicted octanol–water partition coefficient (Wildman–Crippen LogP) is 3.28. The van der Waals surface area contributed by atoms with Crippen molar-refractivity contribution in [1.82, 2.24) is 4.98 Å². The molecule has 0 aliphatic carbocycles. The van der Waals surface area contributed by atoms with Gasteiger partial charge in [-0.15, -0.1) is 0 Å². The summed E-state index contributed by atoms with van der Waals surface area (Å²) in [5, 5.41) is 1.11. The van der Waals surface area contributed by atoms with Crippen LogP contribution in [0.1, 0.15) is 6.42 Å². The molecule has 17 heavy (non-hydrogen) atoms. The summed E-state index contributed by atoms with van der Waals surface area (Å²) in [6.07, 6.45) is 1.45. The monoisotopic (exact) mass is 312 g/mol. The van der Waals surface area contributed by atoms with E-state index < -0.39 is 0 Å². The second-order valence-electron chi connectivity index (χ2n) is 4.20. The summed E-state index contributed by atoms with van der Waals surface area (Å²) in [4.78, 5) is 6.98. The number of thiazole rings is 1. The number of halogens is 1. The van der Waals surface area contributed by atoms with Crippen LogP contribution in [0, 0.1) is 0 Å². The molecule has 1 saturated heterocycles. The summed E-state index contributed by atoms with van der Waals surface area (Å²) in [6, 6.07) is 6.22. The molecule has 0 N–H and O–H groups in total. The second kappa shape index (κ2) is 4.55. The molecule has 1 aliphatic rings. The van der Waals surface area contributed by atoms with E-state index in [4.69, 9.17) is 4.74 Å². The molecule has 1 aliphatic heterocycles. The van der Waals surface area contributed by atoms with Gasteiger partial charge in [0.15, 0.2) is 5.13 Å². The molecule has 0 spiro atoms. The highest BCUT2D eigenvalue weighted by Crippen LogP contribution is 2.32. The number of hydrogen-bond donors (Lipinski definition) is 0. The van der Waals surface area contributed by atoms with Crippen molar-refractivity contribution in [2.45, 2.75) is 12.5 Å². The number of benzene rings is 1. The fourth-order valence-corrected chi connectivity index (χ4v) is 3.67. The zero-order valence-corrected chi connectivity index (χ0v) is 11.9. The van der Waals surface area contributed by atoms with Crippen molar-refractivity contribution in [2.24, 2.45) is 0 Å². The maximum absolute atomic E-state index is 5.38. The van der Waals surface area contributed by atoms with Crippen molar-refractivity contribution in [3.63, 3.8) is 0 Å². The van der Waals surface area contributed by atoms with E-state index in [-0.39, 0.29) is 0 Å². The zero-order chi connectivity index (χ0) is 11.8.